The lowest BCUT2D eigenvalue weighted by atomic mass is 10.1. The molecule has 2 N–H and O–H groups in total. The Morgan fingerprint density at radius 3 is 2.74 bits per heavy atom. The summed E-state index contributed by atoms with van der Waals surface area (Å²) in [6.45, 7) is 6.40. The first kappa shape index (κ1) is 15.5. The zero-order valence-corrected chi connectivity index (χ0v) is 12.2. The number of carboxylic acid groups (broad SMARTS) is 1. The second-order valence-electron chi connectivity index (χ2n) is 4.68. The quantitative estimate of drug-likeness (QED) is 0.806. The monoisotopic (exact) mass is 285 g/mol. The molecular formula is C13H19NO4S. The molecule has 0 radical (unpaired) electrons. The number of ether oxygens (including phenoxy) is 1. The lowest BCUT2D eigenvalue weighted by molar-refractivity contribution is -0.123. The standard InChI is InChI=1S/C13H19NO4S/c1-8(2)4-5-14-11(15)7-18-10-6-9(3)19-12(10)13(16)17/h6,8H,4-5,7H2,1-3H3,(H,14,15)(H,16,17). The molecule has 1 rings (SSSR count). The number of aryl methyl sites for hydroxylation is 1. The topological polar surface area (TPSA) is 75.6 Å². The maximum absolute atomic E-state index is 11.5. The number of hydrogen-bond donors (Lipinski definition) is 2. The van der Waals surface area contributed by atoms with Gasteiger partial charge >= 0.3 is 5.97 Å². The number of rotatable bonds is 7. The number of carbonyl (C=O) groups excluding carboxylic acids is 1. The molecule has 6 heteroatoms. The van der Waals surface area contributed by atoms with Crippen molar-refractivity contribution in [2.75, 3.05) is 13.2 Å². The van der Waals surface area contributed by atoms with Crippen molar-refractivity contribution in [3.8, 4) is 5.75 Å². The Kier molecular flexibility index (Phi) is 5.82. The maximum atomic E-state index is 11.5. The molecule has 1 heterocycles. The van der Waals surface area contributed by atoms with Crippen LogP contribution in [-0.2, 0) is 4.79 Å². The van der Waals surface area contributed by atoms with Crippen molar-refractivity contribution in [1.82, 2.24) is 5.32 Å². The highest BCUT2D eigenvalue weighted by Gasteiger charge is 2.16. The summed E-state index contributed by atoms with van der Waals surface area (Å²) in [6.07, 6.45) is 0.906. The third-order valence-electron chi connectivity index (χ3n) is 2.42. The van der Waals surface area contributed by atoms with Crippen LogP contribution in [0, 0.1) is 12.8 Å². The fourth-order valence-corrected chi connectivity index (χ4v) is 2.24. The first-order valence-electron chi connectivity index (χ1n) is 6.13. The average molecular weight is 285 g/mol. The van der Waals surface area contributed by atoms with E-state index in [2.05, 4.69) is 19.2 Å². The van der Waals surface area contributed by atoms with Gasteiger partial charge in [-0.25, -0.2) is 4.79 Å². The molecule has 106 valence electrons. The normalized spacial score (nSPS) is 10.5. The van der Waals surface area contributed by atoms with Crippen LogP contribution in [0.1, 0.15) is 34.8 Å². The minimum atomic E-state index is -1.03. The zero-order chi connectivity index (χ0) is 14.4. The van der Waals surface area contributed by atoms with Crippen molar-refractivity contribution in [1.29, 1.82) is 0 Å². The van der Waals surface area contributed by atoms with E-state index in [-0.39, 0.29) is 23.1 Å². The lowest BCUT2D eigenvalue weighted by Gasteiger charge is -2.08. The maximum Gasteiger partial charge on any atom is 0.349 e. The molecular weight excluding hydrogens is 266 g/mol. The second-order valence-corrected chi connectivity index (χ2v) is 5.93. The molecule has 5 nitrogen and oxygen atoms in total. The highest BCUT2D eigenvalue weighted by Crippen LogP contribution is 2.28. The van der Waals surface area contributed by atoms with E-state index in [0.717, 1.165) is 22.6 Å². The van der Waals surface area contributed by atoms with Gasteiger partial charge in [0.1, 0.15) is 5.75 Å². The molecule has 0 aromatic carbocycles. The van der Waals surface area contributed by atoms with Gasteiger partial charge in [0, 0.05) is 11.4 Å². The van der Waals surface area contributed by atoms with Crippen LogP contribution >= 0.6 is 11.3 Å². The molecule has 0 fully saturated rings. The molecule has 1 amide bonds. The third kappa shape index (κ3) is 5.30. The van der Waals surface area contributed by atoms with Crippen LogP contribution in [0.5, 0.6) is 5.75 Å². The number of aromatic carboxylic acids is 1. The van der Waals surface area contributed by atoms with E-state index >= 15 is 0 Å². The van der Waals surface area contributed by atoms with Gasteiger partial charge in [-0.2, -0.15) is 0 Å². The van der Waals surface area contributed by atoms with Crippen LogP contribution in [0.3, 0.4) is 0 Å². The van der Waals surface area contributed by atoms with Gasteiger partial charge in [0.15, 0.2) is 11.5 Å². The second kappa shape index (κ2) is 7.13. The molecule has 0 aliphatic rings. The molecule has 0 aliphatic heterocycles. The molecule has 0 aliphatic carbocycles. The van der Waals surface area contributed by atoms with E-state index in [4.69, 9.17) is 9.84 Å². The summed E-state index contributed by atoms with van der Waals surface area (Å²) >= 11 is 1.14. The average Bonchev–Trinajstić information content (AvgIpc) is 2.67. The summed E-state index contributed by atoms with van der Waals surface area (Å²) in [5, 5.41) is 11.7. The van der Waals surface area contributed by atoms with Gasteiger partial charge in [-0.3, -0.25) is 4.79 Å². The summed E-state index contributed by atoms with van der Waals surface area (Å²) in [5.41, 5.74) is 0. The summed E-state index contributed by atoms with van der Waals surface area (Å²) in [7, 11) is 0. The number of nitrogens with one attached hydrogen (secondary N) is 1. The number of carbonyl (C=O) groups is 2. The number of hydrogen-bond acceptors (Lipinski definition) is 4. The highest BCUT2D eigenvalue weighted by molar-refractivity contribution is 7.14. The third-order valence-corrected chi connectivity index (χ3v) is 3.44. The Morgan fingerprint density at radius 1 is 1.47 bits per heavy atom. The van der Waals surface area contributed by atoms with Crippen LogP contribution in [0.25, 0.3) is 0 Å². The molecule has 0 saturated carbocycles. The predicted octanol–water partition coefficient (Wildman–Crippen LogP) is 2.30. The lowest BCUT2D eigenvalue weighted by Crippen LogP contribution is -2.30. The zero-order valence-electron chi connectivity index (χ0n) is 11.4. The van der Waals surface area contributed by atoms with Gasteiger partial charge in [0.25, 0.3) is 5.91 Å². The molecule has 0 atom stereocenters. The van der Waals surface area contributed by atoms with Gasteiger partial charge < -0.3 is 15.2 Å². The van der Waals surface area contributed by atoms with Crippen molar-refractivity contribution in [3.05, 3.63) is 15.8 Å². The fourth-order valence-electron chi connectivity index (χ4n) is 1.44. The van der Waals surface area contributed by atoms with Crippen molar-refractivity contribution in [3.63, 3.8) is 0 Å². The predicted molar refractivity (Wildman–Crippen MR) is 74.0 cm³/mol. The van der Waals surface area contributed by atoms with E-state index in [1.54, 1.807) is 13.0 Å². The van der Waals surface area contributed by atoms with Crippen LogP contribution in [0.2, 0.25) is 0 Å². The Balaban J connectivity index is 2.44. The Bertz CT molecular complexity index is 453. The first-order chi connectivity index (χ1) is 8.90. The smallest absolute Gasteiger partial charge is 0.349 e. The summed E-state index contributed by atoms with van der Waals surface area (Å²) in [5.74, 6) is -0.484. The largest absolute Gasteiger partial charge is 0.482 e. The van der Waals surface area contributed by atoms with E-state index in [1.165, 1.54) is 0 Å². The minimum Gasteiger partial charge on any atom is -0.482 e. The van der Waals surface area contributed by atoms with Gasteiger partial charge in [-0.05, 0) is 25.3 Å². The van der Waals surface area contributed by atoms with E-state index in [0.29, 0.717) is 12.5 Å². The van der Waals surface area contributed by atoms with Gasteiger partial charge in [0.2, 0.25) is 0 Å². The van der Waals surface area contributed by atoms with E-state index in [9.17, 15) is 9.59 Å². The summed E-state index contributed by atoms with van der Waals surface area (Å²) in [4.78, 5) is 23.4. The van der Waals surface area contributed by atoms with Crippen molar-refractivity contribution in [2.45, 2.75) is 27.2 Å². The van der Waals surface area contributed by atoms with Crippen molar-refractivity contribution >= 4 is 23.2 Å². The number of amides is 1. The Morgan fingerprint density at radius 2 is 2.16 bits per heavy atom. The molecule has 0 spiro atoms. The van der Waals surface area contributed by atoms with Crippen LogP contribution in [0.4, 0.5) is 0 Å². The van der Waals surface area contributed by atoms with Crippen molar-refractivity contribution in [2.24, 2.45) is 5.92 Å². The Labute approximate surface area is 116 Å². The molecule has 0 bridgehead atoms. The summed E-state index contributed by atoms with van der Waals surface area (Å²) < 4.78 is 5.26. The van der Waals surface area contributed by atoms with Crippen LogP contribution < -0.4 is 10.1 Å². The molecule has 1 aromatic heterocycles. The molecule has 0 unspecified atom stereocenters. The molecule has 0 saturated heterocycles. The highest BCUT2D eigenvalue weighted by atomic mass is 32.1. The van der Waals surface area contributed by atoms with E-state index < -0.39 is 5.97 Å². The van der Waals surface area contributed by atoms with Crippen molar-refractivity contribution < 1.29 is 19.4 Å². The molecule has 19 heavy (non-hydrogen) atoms. The number of carboxylic acids is 1. The minimum absolute atomic E-state index is 0.132. The van der Waals surface area contributed by atoms with Gasteiger partial charge in [0.05, 0.1) is 0 Å². The van der Waals surface area contributed by atoms with Crippen LogP contribution in [-0.4, -0.2) is 30.1 Å². The summed E-state index contributed by atoms with van der Waals surface area (Å²) in [6, 6.07) is 1.63. The Hall–Kier alpha value is -1.56. The number of thiophene rings is 1. The fraction of sp³-hybridized carbons (Fsp3) is 0.538. The molecule has 1 aromatic rings. The van der Waals surface area contributed by atoms with Crippen LogP contribution in [0.15, 0.2) is 6.07 Å². The van der Waals surface area contributed by atoms with Gasteiger partial charge in [-0.1, -0.05) is 13.8 Å². The van der Waals surface area contributed by atoms with E-state index in [1.807, 2.05) is 0 Å². The SMILES string of the molecule is Cc1cc(OCC(=O)NCCC(C)C)c(C(=O)O)s1. The first-order valence-corrected chi connectivity index (χ1v) is 6.95. The van der Waals surface area contributed by atoms with Gasteiger partial charge in [-0.15, -0.1) is 11.3 Å².